The average Bonchev–Trinajstić information content (AvgIpc) is 2.15. The van der Waals surface area contributed by atoms with Crippen molar-refractivity contribution < 1.29 is 0 Å². The number of nitrogens with zero attached hydrogens (tertiary/aromatic N) is 2. The molecule has 0 aliphatic rings. The molecule has 0 spiro atoms. The second-order valence-corrected chi connectivity index (χ2v) is 4.63. The van der Waals surface area contributed by atoms with E-state index in [2.05, 4.69) is 23.7 Å². The number of guanidine groups is 1. The number of amidine groups is 1. The van der Waals surface area contributed by atoms with E-state index in [0.29, 0.717) is 18.9 Å². The topological polar surface area (TPSA) is 118 Å². The lowest BCUT2D eigenvalue weighted by molar-refractivity contribution is 0.249. The first-order valence-corrected chi connectivity index (χ1v) is 6.02. The van der Waals surface area contributed by atoms with Crippen molar-refractivity contribution in [3.63, 3.8) is 0 Å². The molecule has 0 aromatic heterocycles. The fraction of sp³-hybridized carbons (Fsp3) is 0.818. The van der Waals surface area contributed by atoms with Crippen LogP contribution in [0.3, 0.4) is 0 Å². The predicted octanol–water partition coefficient (Wildman–Crippen LogP) is -0.0660. The van der Waals surface area contributed by atoms with E-state index in [1.807, 2.05) is 0 Å². The Morgan fingerprint density at radius 1 is 1.24 bits per heavy atom. The highest BCUT2D eigenvalue weighted by Crippen LogP contribution is 2.01. The van der Waals surface area contributed by atoms with Crippen LogP contribution in [0.25, 0.3) is 0 Å². The van der Waals surface area contributed by atoms with Gasteiger partial charge >= 0.3 is 0 Å². The van der Waals surface area contributed by atoms with Gasteiger partial charge in [0.15, 0.2) is 5.96 Å². The number of rotatable bonds is 9. The van der Waals surface area contributed by atoms with Gasteiger partial charge in [0.2, 0.25) is 0 Å². The Bertz CT molecular complexity index is 244. The summed E-state index contributed by atoms with van der Waals surface area (Å²) >= 11 is 0. The van der Waals surface area contributed by atoms with Crippen LogP contribution in [0.2, 0.25) is 0 Å². The lowest BCUT2D eigenvalue weighted by atomic mass is 10.2. The van der Waals surface area contributed by atoms with Crippen LogP contribution >= 0.6 is 0 Å². The van der Waals surface area contributed by atoms with Gasteiger partial charge in [-0.3, -0.25) is 10.4 Å². The van der Waals surface area contributed by atoms with E-state index in [1.54, 1.807) is 0 Å². The maximum atomic E-state index is 7.18. The summed E-state index contributed by atoms with van der Waals surface area (Å²) in [6.07, 6.45) is 1.56. The molecule has 6 nitrogen and oxygen atoms in total. The fourth-order valence-corrected chi connectivity index (χ4v) is 1.62. The first-order chi connectivity index (χ1) is 7.91. The molecule has 0 bridgehead atoms. The Morgan fingerprint density at radius 3 is 2.35 bits per heavy atom. The first kappa shape index (κ1) is 15.7. The summed E-state index contributed by atoms with van der Waals surface area (Å²) in [6, 6.07) is 0. The SMILES string of the molecule is CC(C)CN(CCCC(=N)N)CCN=C(N)N. The third-order valence-corrected chi connectivity index (χ3v) is 2.25. The van der Waals surface area contributed by atoms with Crippen LogP contribution in [0.1, 0.15) is 26.7 Å². The quantitative estimate of drug-likeness (QED) is 0.334. The largest absolute Gasteiger partial charge is 0.388 e. The highest BCUT2D eigenvalue weighted by atomic mass is 15.1. The van der Waals surface area contributed by atoms with E-state index >= 15 is 0 Å². The summed E-state index contributed by atoms with van der Waals surface area (Å²) in [7, 11) is 0. The van der Waals surface area contributed by atoms with Gasteiger partial charge in [-0.15, -0.1) is 0 Å². The van der Waals surface area contributed by atoms with Gasteiger partial charge in [0.25, 0.3) is 0 Å². The summed E-state index contributed by atoms with van der Waals surface area (Å²) in [5.41, 5.74) is 15.9. The Morgan fingerprint density at radius 2 is 1.88 bits per heavy atom. The third-order valence-electron chi connectivity index (χ3n) is 2.25. The van der Waals surface area contributed by atoms with Crippen LogP contribution in [0, 0.1) is 11.3 Å². The van der Waals surface area contributed by atoms with Gasteiger partial charge < -0.3 is 22.1 Å². The number of nitrogens with two attached hydrogens (primary N) is 3. The molecule has 0 fully saturated rings. The summed E-state index contributed by atoms with van der Waals surface area (Å²) < 4.78 is 0. The molecule has 0 amide bonds. The standard InChI is InChI=1S/C11H26N6/c1-9(2)8-17(6-3-4-10(12)13)7-5-16-11(14)15/h9H,3-8H2,1-2H3,(H3,12,13)(H4,14,15,16). The van der Waals surface area contributed by atoms with E-state index in [0.717, 1.165) is 26.1 Å². The lowest BCUT2D eigenvalue weighted by Crippen LogP contribution is -2.33. The van der Waals surface area contributed by atoms with Crippen LogP contribution in [0.4, 0.5) is 0 Å². The molecule has 7 N–H and O–H groups in total. The first-order valence-electron chi connectivity index (χ1n) is 6.02. The maximum Gasteiger partial charge on any atom is 0.185 e. The molecule has 0 saturated heterocycles. The molecule has 0 atom stereocenters. The van der Waals surface area contributed by atoms with Gasteiger partial charge in [0, 0.05) is 19.5 Å². The summed E-state index contributed by atoms with van der Waals surface area (Å²) in [6.45, 7) is 7.76. The van der Waals surface area contributed by atoms with Gasteiger partial charge in [0.1, 0.15) is 0 Å². The van der Waals surface area contributed by atoms with Crippen molar-refractivity contribution in [3.05, 3.63) is 0 Å². The van der Waals surface area contributed by atoms with Crippen molar-refractivity contribution >= 4 is 11.8 Å². The highest BCUT2D eigenvalue weighted by Gasteiger charge is 2.06. The molecule has 0 aromatic rings. The predicted molar refractivity (Wildman–Crippen MR) is 73.1 cm³/mol. The minimum atomic E-state index is 0.137. The minimum Gasteiger partial charge on any atom is -0.388 e. The van der Waals surface area contributed by atoms with Crippen LogP contribution in [0.5, 0.6) is 0 Å². The van der Waals surface area contributed by atoms with Crippen molar-refractivity contribution in [2.24, 2.45) is 28.1 Å². The van der Waals surface area contributed by atoms with Gasteiger partial charge in [-0.2, -0.15) is 0 Å². The van der Waals surface area contributed by atoms with Crippen molar-refractivity contribution in [1.82, 2.24) is 4.90 Å². The van der Waals surface area contributed by atoms with E-state index in [1.165, 1.54) is 0 Å². The molecule has 0 unspecified atom stereocenters. The Kier molecular flexibility index (Phi) is 8.13. The average molecular weight is 242 g/mol. The Labute approximate surface area is 104 Å². The molecule has 0 radical (unpaired) electrons. The molecule has 0 aliphatic carbocycles. The van der Waals surface area contributed by atoms with Crippen molar-refractivity contribution in [2.45, 2.75) is 26.7 Å². The van der Waals surface area contributed by atoms with E-state index in [9.17, 15) is 0 Å². The highest BCUT2D eigenvalue weighted by molar-refractivity contribution is 5.76. The molecular weight excluding hydrogens is 216 g/mol. The molecule has 6 heteroatoms. The zero-order chi connectivity index (χ0) is 13.3. The molecule has 0 heterocycles. The molecule has 0 aromatic carbocycles. The van der Waals surface area contributed by atoms with Gasteiger partial charge in [-0.1, -0.05) is 13.8 Å². The molecule has 100 valence electrons. The maximum absolute atomic E-state index is 7.18. The number of nitrogens with one attached hydrogen (secondary N) is 1. The second kappa shape index (κ2) is 8.81. The van der Waals surface area contributed by atoms with Gasteiger partial charge in [-0.25, -0.2) is 0 Å². The van der Waals surface area contributed by atoms with Crippen LogP contribution in [0.15, 0.2) is 4.99 Å². The fourth-order valence-electron chi connectivity index (χ4n) is 1.62. The number of hydrogen-bond donors (Lipinski definition) is 4. The van der Waals surface area contributed by atoms with Crippen LogP contribution < -0.4 is 17.2 Å². The third kappa shape index (κ3) is 11.0. The molecule has 0 aliphatic heterocycles. The van der Waals surface area contributed by atoms with E-state index in [-0.39, 0.29) is 11.8 Å². The number of hydrogen-bond acceptors (Lipinski definition) is 3. The zero-order valence-electron chi connectivity index (χ0n) is 10.9. The van der Waals surface area contributed by atoms with Gasteiger partial charge in [-0.05, 0) is 18.9 Å². The molecule has 0 saturated carbocycles. The smallest absolute Gasteiger partial charge is 0.185 e. The summed E-state index contributed by atoms with van der Waals surface area (Å²) in [5, 5.41) is 7.18. The molecule has 17 heavy (non-hydrogen) atoms. The van der Waals surface area contributed by atoms with Crippen molar-refractivity contribution in [1.29, 1.82) is 5.41 Å². The Hall–Kier alpha value is -1.30. The monoisotopic (exact) mass is 242 g/mol. The zero-order valence-corrected chi connectivity index (χ0v) is 10.9. The normalized spacial score (nSPS) is 10.8. The molecule has 0 rings (SSSR count). The second-order valence-electron chi connectivity index (χ2n) is 4.63. The van der Waals surface area contributed by atoms with E-state index in [4.69, 9.17) is 22.6 Å². The van der Waals surface area contributed by atoms with E-state index < -0.39 is 0 Å². The summed E-state index contributed by atoms with van der Waals surface area (Å²) in [4.78, 5) is 6.28. The molecular formula is C11H26N6. The van der Waals surface area contributed by atoms with Crippen molar-refractivity contribution in [2.75, 3.05) is 26.2 Å². The lowest BCUT2D eigenvalue weighted by Gasteiger charge is -2.23. The summed E-state index contributed by atoms with van der Waals surface area (Å²) in [5.74, 6) is 0.989. The number of aliphatic imine (C=N–C) groups is 1. The van der Waals surface area contributed by atoms with Crippen molar-refractivity contribution in [3.8, 4) is 0 Å². The Balaban J connectivity index is 3.96. The van der Waals surface area contributed by atoms with Gasteiger partial charge in [0.05, 0.1) is 12.4 Å². The van der Waals surface area contributed by atoms with Crippen LogP contribution in [-0.4, -0.2) is 42.9 Å². The minimum absolute atomic E-state index is 0.137. The van der Waals surface area contributed by atoms with Crippen LogP contribution in [-0.2, 0) is 0 Å².